The summed E-state index contributed by atoms with van der Waals surface area (Å²) in [5.41, 5.74) is 2.92. The van der Waals surface area contributed by atoms with Gasteiger partial charge >= 0.3 is 0 Å². The Morgan fingerprint density at radius 1 is 0.708 bits per heavy atom. The summed E-state index contributed by atoms with van der Waals surface area (Å²) in [4.78, 5) is 0. The lowest BCUT2D eigenvalue weighted by atomic mass is 9.68. The first-order valence-electron chi connectivity index (χ1n) is 10.8. The Kier molecular flexibility index (Phi) is 6.81. The quantitative estimate of drug-likeness (QED) is 0.513. The minimum absolute atomic E-state index is 0.999. The maximum atomic E-state index is 2.35. The molecule has 0 radical (unpaired) electrons. The molecule has 0 N–H and O–H groups in total. The molecule has 2 fully saturated rings. The summed E-state index contributed by atoms with van der Waals surface area (Å²) >= 11 is 0. The topological polar surface area (TPSA) is 0 Å². The zero-order chi connectivity index (χ0) is 16.8. The van der Waals surface area contributed by atoms with Gasteiger partial charge in [0.25, 0.3) is 0 Å². The molecule has 2 saturated carbocycles. The van der Waals surface area contributed by atoms with Crippen LogP contribution < -0.4 is 0 Å². The first-order chi connectivity index (χ1) is 11.7. The highest BCUT2D eigenvalue weighted by Crippen LogP contribution is 2.42. The molecule has 3 rings (SSSR count). The van der Waals surface area contributed by atoms with Crippen molar-refractivity contribution in [2.45, 2.75) is 90.9 Å². The normalized spacial score (nSPS) is 31.1. The molecule has 2 aliphatic carbocycles. The van der Waals surface area contributed by atoms with E-state index in [2.05, 4.69) is 38.1 Å². The van der Waals surface area contributed by atoms with Crippen molar-refractivity contribution in [1.82, 2.24) is 0 Å². The molecular weight excluding hydrogens is 288 g/mol. The Morgan fingerprint density at radius 3 is 1.71 bits per heavy atom. The molecule has 0 spiro atoms. The Labute approximate surface area is 150 Å². The van der Waals surface area contributed by atoms with E-state index in [0.29, 0.717) is 0 Å². The molecule has 0 heteroatoms. The van der Waals surface area contributed by atoms with Crippen LogP contribution in [0.15, 0.2) is 24.3 Å². The molecule has 0 atom stereocenters. The van der Waals surface area contributed by atoms with E-state index in [4.69, 9.17) is 0 Å². The Hall–Kier alpha value is -0.780. The molecule has 1 aromatic rings. The van der Waals surface area contributed by atoms with E-state index in [9.17, 15) is 0 Å². The van der Waals surface area contributed by atoms with Crippen molar-refractivity contribution in [2.24, 2.45) is 23.7 Å². The van der Waals surface area contributed by atoms with Gasteiger partial charge < -0.3 is 0 Å². The van der Waals surface area contributed by atoms with Gasteiger partial charge in [0.05, 0.1) is 0 Å². The smallest absolute Gasteiger partial charge is 0.0276 e. The number of rotatable bonds is 6. The summed E-state index contributed by atoms with van der Waals surface area (Å²) in [6.45, 7) is 4.53. The third-order valence-corrected chi connectivity index (χ3v) is 7.11. The van der Waals surface area contributed by atoms with Crippen molar-refractivity contribution >= 4 is 0 Å². The Balaban J connectivity index is 1.36. The zero-order valence-electron chi connectivity index (χ0n) is 16.1. The molecular formula is C24H38. The summed E-state index contributed by atoms with van der Waals surface area (Å²) in [5, 5.41) is 0. The first kappa shape index (κ1) is 18.0. The van der Waals surface area contributed by atoms with E-state index in [1.165, 1.54) is 75.3 Å². The van der Waals surface area contributed by atoms with Crippen molar-refractivity contribution in [1.29, 1.82) is 0 Å². The molecule has 1 aromatic carbocycles. The molecule has 24 heavy (non-hydrogen) atoms. The van der Waals surface area contributed by atoms with Crippen molar-refractivity contribution < 1.29 is 0 Å². The second-order valence-electron chi connectivity index (χ2n) is 8.87. The van der Waals surface area contributed by atoms with Gasteiger partial charge in [0.15, 0.2) is 0 Å². The second-order valence-corrected chi connectivity index (χ2v) is 8.87. The SMILES string of the molecule is CCC[C@H]1CC[C@H]([C@H]2CC[C@H](CCc3ccc(C)cc3)CC2)CC1. The third-order valence-electron chi connectivity index (χ3n) is 7.11. The minimum Gasteiger partial charge on any atom is -0.0654 e. The predicted octanol–water partition coefficient (Wildman–Crippen LogP) is 7.34. The lowest BCUT2D eigenvalue weighted by Gasteiger charge is -2.38. The van der Waals surface area contributed by atoms with Gasteiger partial charge in [-0.3, -0.25) is 0 Å². The lowest BCUT2D eigenvalue weighted by Crippen LogP contribution is -2.26. The van der Waals surface area contributed by atoms with E-state index in [-0.39, 0.29) is 0 Å². The molecule has 134 valence electrons. The molecule has 0 bridgehead atoms. The van der Waals surface area contributed by atoms with Crippen LogP contribution in [0.25, 0.3) is 0 Å². The first-order valence-corrected chi connectivity index (χ1v) is 10.8. The molecule has 0 unspecified atom stereocenters. The largest absolute Gasteiger partial charge is 0.0654 e. The fourth-order valence-corrected chi connectivity index (χ4v) is 5.43. The average molecular weight is 327 g/mol. The highest BCUT2D eigenvalue weighted by Gasteiger charge is 2.30. The summed E-state index contributed by atoms with van der Waals surface area (Å²) in [6, 6.07) is 9.19. The molecule has 0 amide bonds. The van der Waals surface area contributed by atoms with Gasteiger partial charge in [-0.25, -0.2) is 0 Å². The monoisotopic (exact) mass is 326 g/mol. The van der Waals surface area contributed by atoms with Crippen LogP contribution in [0.3, 0.4) is 0 Å². The fraction of sp³-hybridized carbons (Fsp3) is 0.750. The maximum Gasteiger partial charge on any atom is -0.0276 e. The van der Waals surface area contributed by atoms with E-state index in [0.717, 1.165) is 23.7 Å². The van der Waals surface area contributed by atoms with Crippen molar-refractivity contribution in [3.63, 3.8) is 0 Å². The molecule has 0 heterocycles. The van der Waals surface area contributed by atoms with Crippen molar-refractivity contribution in [3.8, 4) is 0 Å². The number of hydrogen-bond acceptors (Lipinski definition) is 0. The summed E-state index contributed by atoms with van der Waals surface area (Å²) in [5.74, 6) is 4.22. The molecule has 0 saturated heterocycles. The van der Waals surface area contributed by atoms with Gasteiger partial charge in [-0.15, -0.1) is 0 Å². The van der Waals surface area contributed by atoms with Crippen LogP contribution in [-0.2, 0) is 6.42 Å². The number of benzene rings is 1. The van der Waals surface area contributed by atoms with Gasteiger partial charge in [-0.2, -0.15) is 0 Å². The summed E-state index contributed by atoms with van der Waals surface area (Å²) < 4.78 is 0. The Bertz CT molecular complexity index is 455. The number of hydrogen-bond donors (Lipinski definition) is 0. The van der Waals surface area contributed by atoms with E-state index >= 15 is 0 Å². The van der Waals surface area contributed by atoms with E-state index in [1.54, 1.807) is 12.8 Å². The van der Waals surface area contributed by atoms with Crippen molar-refractivity contribution in [3.05, 3.63) is 35.4 Å². The maximum absolute atomic E-state index is 2.35. The van der Waals surface area contributed by atoms with Crippen LogP contribution in [0, 0.1) is 30.6 Å². The van der Waals surface area contributed by atoms with Gasteiger partial charge in [0.1, 0.15) is 0 Å². The predicted molar refractivity (Wildman–Crippen MR) is 105 cm³/mol. The second kappa shape index (κ2) is 9.07. The third kappa shape index (κ3) is 5.11. The van der Waals surface area contributed by atoms with Gasteiger partial charge in [0, 0.05) is 0 Å². The average Bonchev–Trinajstić information content (AvgIpc) is 2.63. The summed E-state index contributed by atoms with van der Waals surface area (Å²) in [6.07, 6.45) is 17.8. The lowest BCUT2D eigenvalue weighted by molar-refractivity contribution is 0.141. The van der Waals surface area contributed by atoms with Crippen molar-refractivity contribution in [2.75, 3.05) is 0 Å². The van der Waals surface area contributed by atoms with Gasteiger partial charge in [0.2, 0.25) is 0 Å². The van der Waals surface area contributed by atoms with Gasteiger partial charge in [-0.1, -0.05) is 75.3 Å². The van der Waals surface area contributed by atoms with Crippen LogP contribution in [0.4, 0.5) is 0 Å². The zero-order valence-corrected chi connectivity index (χ0v) is 16.1. The Morgan fingerprint density at radius 2 is 1.21 bits per heavy atom. The molecule has 0 aliphatic heterocycles. The summed E-state index contributed by atoms with van der Waals surface area (Å²) in [7, 11) is 0. The van der Waals surface area contributed by atoms with Crippen LogP contribution in [0.5, 0.6) is 0 Å². The van der Waals surface area contributed by atoms with Crippen LogP contribution in [0.2, 0.25) is 0 Å². The standard InChI is InChI=1S/C24H38/c1-3-4-20-11-15-23(16-12-20)24-17-13-22(14-18-24)10-9-21-7-5-19(2)6-8-21/h5-8,20,22-24H,3-4,9-18H2,1-2H3/t20-,22-,23-,24-. The fourth-order valence-electron chi connectivity index (χ4n) is 5.43. The number of aryl methyl sites for hydroxylation is 2. The molecule has 0 aromatic heterocycles. The van der Waals surface area contributed by atoms with E-state index in [1.807, 2.05) is 0 Å². The van der Waals surface area contributed by atoms with E-state index < -0.39 is 0 Å². The molecule has 2 aliphatic rings. The molecule has 0 nitrogen and oxygen atoms in total. The van der Waals surface area contributed by atoms with Gasteiger partial charge in [-0.05, 0) is 74.7 Å². The minimum atomic E-state index is 0.999. The van der Waals surface area contributed by atoms with Crippen LogP contribution in [-0.4, -0.2) is 0 Å². The van der Waals surface area contributed by atoms with Crippen LogP contribution >= 0.6 is 0 Å². The van der Waals surface area contributed by atoms with Crippen LogP contribution in [0.1, 0.15) is 88.7 Å². The highest BCUT2D eigenvalue weighted by atomic mass is 14.4. The highest BCUT2D eigenvalue weighted by molar-refractivity contribution is 5.21.